The zero-order valence-electron chi connectivity index (χ0n) is 35.0. The third kappa shape index (κ3) is 13.9. The van der Waals surface area contributed by atoms with E-state index >= 15 is 0 Å². The summed E-state index contributed by atoms with van der Waals surface area (Å²) in [4.78, 5) is 44.4. The molecule has 2 aromatic carbocycles. The third-order valence-corrected chi connectivity index (χ3v) is 11.5. The number of primary amides is 1. The molecule has 1 unspecified atom stereocenters. The van der Waals surface area contributed by atoms with Crippen LogP contribution in [0.2, 0.25) is 0 Å². The van der Waals surface area contributed by atoms with Crippen LogP contribution in [0.3, 0.4) is 0 Å². The summed E-state index contributed by atoms with van der Waals surface area (Å²) in [6.45, 7) is 12.9. The predicted molar refractivity (Wildman–Crippen MR) is 234 cm³/mol. The molecule has 0 radical (unpaired) electrons. The van der Waals surface area contributed by atoms with Crippen molar-refractivity contribution in [2.75, 3.05) is 88.5 Å². The van der Waals surface area contributed by atoms with Gasteiger partial charge in [-0.05, 0) is 69.6 Å². The fourth-order valence-electron chi connectivity index (χ4n) is 7.21. The molecule has 0 bridgehead atoms. The van der Waals surface area contributed by atoms with Crippen LogP contribution in [0.1, 0.15) is 54.8 Å². The molecule has 0 aliphatic heterocycles. The van der Waals surface area contributed by atoms with Gasteiger partial charge in [0.25, 0.3) is 11.8 Å². The zero-order valence-corrected chi connectivity index (χ0v) is 37.4. The summed E-state index contributed by atoms with van der Waals surface area (Å²) >= 11 is 3.36. The summed E-state index contributed by atoms with van der Waals surface area (Å²) in [5.41, 5.74) is 6.43. The third-order valence-electron chi connectivity index (χ3n) is 9.74. The van der Waals surface area contributed by atoms with E-state index in [9.17, 15) is 18.2 Å². The van der Waals surface area contributed by atoms with Gasteiger partial charge in [-0.25, -0.2) is 28.3 Å². The second-order valence-electron chi connectivity index (χ2n) is 15.6. The second kappa shape index (κ2) is 22.4. The smallest absolute Gasteiger partial charge is 0.254 e. The number of halogens is 2. The number of hydrogen-bond donors (Lipinski definition) is 5. The maximum absolute atomic E-state index is 14.2. The monoisotopic (exact) mass is 928 g/mol. The second-order valence-corrected chi connectivity index (χ2v) is 17.7. The van der Waals surface area contributed by atoms with Gasteiger partial charge in [0.05, 0.1) is 79.0 Å². The van der Waals surface area contributed by atoms with Crippen LogP contribution < -0.4 is 31.3 Å². The molecule has 4 aromatic rings. The number of nitrogens with zero attached hydrogens (tertiary/aromatic N) is 5. The SMILES string of the molecule is CN(CCOCCOCCOCCOCCNS(=O)c1ccc(Nc2ncc(Br)c(Nc3cccc(F)c3C(N)=O)n2)cc1)c1ncc(C(=O)NC2C(C)(C)CC2(C)C)cn1. The van der Waals surface area contributed by atoms with Crippen LogP contribution >= 0.6 is 15.9 Å². The van der Waals surface area contributed by atoms with E-state index in [2.05, 4.69) is 84.2 Å². The number of anilines is 5. The van der Waals surface area contributed by atoms with Crippen molar-refractivity contribution < 1.29 is 37.1 Å². The molecule has 0 spiro atoms. The van der Waals surface area contributed by atoms with E-state index in [4.69, 9.17) is 24.7 Å². The van der Waals surface area contributed by atoms with Crippen molar-refractivity contribution in [3.8, 4) is 0 Å². The van der Waals surface area contributed by atoms with Crippen molar-refractivity contribution >= 4 is 67.8 Å². The Morgan fingerprint density at radius 3 is 2.08 bits per heavy atom. The molecule has 2 heterocycles. The maximum Gasteiger partial charge on any atom is 0.254 e. The van der Waals surface area contributed by atoms with Gasteiger partial charge in [-0.3, -0.25) is 9.59 Å². The Balaban J connectivity index is 0.860. The number of nitrogens with one attached hydrogen (secondary N) is 4. The van der Waals surface area contributed by atoms with Gasteiger partial charge in [-0.2, -0.15) is 4.98 Å². The van der Waals surface area contributed by atoms with Gasteiger partial charge in [0.1, 0.15) is 22.6 Å². The first-order valence-electron chi connectivity index (χ1n) is 19.7. The Kier molecular flexibility index (Phi) is 17.4. The van der Waals surface area contributed by atoms with Crippen LogP contribution in [-0.2, 0) is 29.9 Å². The Bertz CT molecular complexity index is 2090. The average molecular weight is 930 g/mol. The van der Waals surface area contributed by atoms with Crippen LogP contribution in [0.4, 0.5) is 33.5 Å². The van der Waals surface area contributed by atoms with Gasteiger partial charge in [0.2, 0.25) is 11.9 Å². The lowest BCUT2D eigenvalue weighted by Crippen LogP contribution is -2.63. The van der Waals surface area contributed by atoms with E-state index in [1.54, 1.807) is 36.7 Å². The normalized spacial score (nSPS) is 14.8. The van der Waals surface area contributed by atoms with Crippen molar-refractivity contribution in [1.29, 1.82) is 0 Å². The van der Waals surface area contributed by atoms with Crippen molar-refractivity contribution in [3.63, 3.8) is 0 Å². The molecule has 330 valence electrons. The summed E-state index contributed by atoms with van der Waals surface area (Å²) in [7, 11) is 0.409. The fraction of sp³-hybridized carbons (Fsp3) is 0.463. The number of aromatic nitrogens is 4. The van der Waals surface area contributed by atoms with E-state index in [1.807, 2.05) is 11.9 Å². The quantitative estimate of drug-likeness (QED) is 0.0546. The van der Waals surface area contributed by atoms with Crippen LogP contribution in [0.5, 0.6) is 0 Å². The molecule has 17 nitrogen and oxygen atoms in total. The highest BCUT2D eigenvalue weighted by Crippen LogP contribution is 2.53. The first-order chi connectivity index (χ1) is 29.1. The molecular weight excluding hydrogens is 875 g/mol. The Morgan fingerprint density at radius 2 is 1.48 bits per heavy atom. The number of likely N-dealkylation sites (N-methyl/N-ethyl adjacent to an activating group) is 1. The van der Waals surface area contributed by atoms with Crippen LogP contribution in [0.15, 0.2) is 70.4 Å². The van der Waals surface area contributed by atoms with Gasteiger partial charge in [0.15, 0.2) is 0 Å². The number of benzene rings is 2. The zero-order chi connectivity index (χ0) is 44.0. The molecule has 1 atom stereocenters. The molecule has 2 amide bonds. The lowest BCUT2D eigenvalue weighted by atomic mass is 9.52. The van der Waals surface area contributed by atoms with Crippen molar-refractivity contribution in [2.24, 2.45) is 16.6 Å². The Hall–Kier alpha value is -4.70. The van der Waals surface area contributed by atoms with E-state index in [0.717, 1.165) is 12.5 Å². The molecule has 20 heteroatoms. The van der Waals surface area contributed by atoms with Gasteiger partial charge < -0.3 is 45.5 Å². The molecule has 6 N–H and O–H groups in total. The Morgan fingerprint density at radius 1 is 0.869 bits per heavy atom. The van der Waals surface area contributed by atoms with E-state index in [-0.39, 0.29) is 45.8 Å². The topological polar surface area (TPSA) is 217 Å². The molecule has 5 rings (SSSR count). The summed E-state index contributed by atoms with van der Waals surface area (Å²) in [5.74, 6) is -0.809. The molecule has 61 heavy (non-hydrogen) atoms. The number of amides is 2. The number of carbonyl (C=O) groups is 2. The highest BCUT2D eigenvalue weighted by molar-refractivity contribution is 9.10. The number of rotatable bonds is 25. The van der Waals surface area contributed by atoms with E-state index in [1.165, 1.54) is 18.3 Å². The number of nitrogens with two attached hydrogens (primary N) is 1. The molecule has 0 saturated heterocycles. The summed E-state index contributed by atoms with van der Waals surface area (Å²) in [5, 5.41) is 9.14. The van der Waals surface area contributed by atoms with Crippen LogP contribution in [0, 0.1) is 16.6 Å². The van der Waals surface area contributed by atoms with Crippen molar-refractivity contribution in [3.05, 3.63) is 82.5 Å². The largest absolute Gasteiger partial charge is 0.378 e. The highest BCUT2D eigenvalue weighted by Gasteiger charge is 2.53. The standard InChI is InChI=1S/C41H54BrFN10O7S/c1-40(2)26-41(3,4)37(40)52-36(55)27-23-46-39(47-24-27)53(5)14-16-58-18-20-60-22-21-59-19-17-57-15-13-48-61(56)29-11-9-28(10-12-29)49-38-45-25-30(42)35(51-38)50-32-8-6-7-31(43)33(32)34(44)54/h6-12,23-25,37,48H,13-22,26H2,1-5H3,(H2,44,54)(H,52,55)(H2,45,49,50,51). The highest BCUT2D eigenvalue weighted by atomic mass is 79.9. The van der Waals surface area contributed by atoms with Crippen LogP contribution in [0.25, 0.3) is 0 Å². The average Bonchev–Trinajstić information content (AvgIpc) is 3.22. The number of carbonyl (C=O) groups excluding carboxylic acids is 2. The van der Waals surface area contributed by atoms with Crippen molar-refractivity contribution in [2.45, 2.75) is 45.1 Å². The van der Waals surface area contributed by atoms with E-state index in [0.29, 0.717) is 92.5 Å². The maximum atomic E-state index is 14.2. The minimum atomic E-state index is -1.46. The lowest BCUT2D eigenvalue weighted by molar-refractivity contribution is -0.0366. The van der Waals surface area contributed by atoms with Crippen molar-refractivity contribution in [1.82, 2.24) is 30.0 Å². The summed E-state index contributed by atoms with van der Waals surface area (Å²) in [6, 6.07) is 11.1. The van der Waals surface area contributed by atoms with Gasteiger partial charge in [-0.1, -0.05) is 33.8 Å². The molecule has 1 saturated carbocycles. The Labute approximate surface area is 366 Å². The van der Waals surface area contributed by atoms with Gasteiger partial charge in [-0.15, -0.1) is 0 Å². The fourth-order valence-corrected chi connectivity index (χ4v) is 8.32. The lowest BCUT2D eigenvalue weighted by Gasteiger charge is -2.57. The van der Waals surface area contributed by atoms with Crippen LogP contribution in [-0.4, -0.2) is 115 Å². The molecule has 1 aliphatic rings. The summed E-state index contributed by atoms with van der Waals surface area (Å²) < 4.78 is 52.7. The number of ether oxygens (including phenoxy) is 4. The molecule has 1 fully saturated rings. The molecule has 1 aliphatic carbocycles. The van der Waals surface area contributed by atoms with E-state index < -0.39 is 22.7 Å². The molecule has 2 aromatic heterocycles. The minimum absolute atomic E-state index is 0.0626. The summed E-state index contributed by atoms with van der Waals surface area (Å²) in [6.07, 6.45) is 5.67. The van der Waals surface area contributed by atoms with Gasteiger partial charge >= 0.3 is 0 Å². The molecular formula is C41H54BrFN10O7S. The minimum Gasteiger partial charge on any atom is -0.378 e. The first kappa shape index (κ1) is 47.4. The first-order valence-corrected chi connectivity index (χ1v) is 21.6. The number of hydrogen-bond acceptors (Lipinski definition) is 14. The van der Waals surface area contributed by atoms with Gasteiger partial charge in [0, 0.05) is 50.5 Å². The predicted octanol–water partition coefficient (Wildman–Crippen LogP) is 5.12.